The molecule has 1 aromatic rings. The Kier molecular flexibility index (Phi) is 9.27. The Morgan fingerprint density at radius 2 is 1.41 bits per heavy atom. The zero-order valence-corrected chi connectivity index (χ0v) is 20.8. The summed E-state index contributed by atoms with van der Waals surface area (Å²) in [7, 11) is 0. The highest BCUT2D eigenvalue weighted by atomic mass is 16.3. The molecule has 0 saturated carbocycles. The van der Waals surface area contributed by atoms with E-state index in [1.54, 1.807) is 0 Å². The molecule has 0 aliphatic rings. The normalized spacial score (nSPS) is 13.3. The Labute approximate surface area is 181 Å². The molecule has 0 fully saturated rings. The molecule has 0 unspecified atom stereocenters. The van der Waals surface area contributed by atoms with Crippen LogP contribution < -0.4 is 0 Å². The second-order valence-corrected chi connectivity index (χ2v) is 12.1. The van der Waals surface area contributed by atoms with Gasteiger partial charge < -0.3 is 10.2 Å². The molecular formula is C27H48O2. The maximum absolute atomic E-state index is 11.2. The maximum atomic E-state index is 11.2. The van der Waals surface area contributed by atoms with Gasteiger partial charge in [0.2, 0.25) is 0 Å². The summed E-state index contributed by atoms with van der Waals surface area (Å²) in [5.74, 6) is 0.807. The summed E-state index contributed by atoms with van der Waals surface area (Å²) in [6.45, 7) is 20.9. The Bertz CT molecular complexity index is 633. The number of aliphatic hydroxyl groups is 1. The smallest absolute Gasteiger partial charge is 0.122 e. The molecule has 168 valence electrons. The average Bonchev–Trinajstić information content (AvgIpc) is 2.51. The van der Waals surface area contributed by atoms with Gasteiger partial charge in [0.05, 0.1) is 0 Å². The lowest BCUT2D eigenvalue weighted by atomic mass is 9.65. The van der Waals surface area contributed by atoms with Gasteiger partial charge in [-0.2, -0.15) is 0 Å². The second kappa shape index (κ2) is 10.3. The molecule has 0 radical (unpaired) electrons. The third kappa shape index (κ3) is 8.70. The molecule has 2 N–H and O–H groups in total. The minimum Gasteiger partial charge on any atom is -0.507 e. The lowest BCUT2D eigenvalue weighted by Crippen LogP contribution is -2.30. The van der Waals surface area contributed by atoms with E-state index in [0.29, 0.717) is 23.7 Å². The van der Waals surface area contributed by atoms with Gasteiger partial charge in [0.25, 0.3) is 0 Å². The molecule has 0 aliphatic carbocycles. The van der Waals surface area contributed by atoms with Crippen molar-refractivity contribution in [2.45, 2.75) is 119 Å². The summed E-state index contributed by atoms with van der Waals surface area (Å²) in [6, 6.07) is 4.48. The van der Waals surface area contributed by atoms with Crippen molar-refractivity contribution >= 4 is 0 Å². The highest BCUT2D eigenvalue weighted by molar-refractivity contribution is 5.48. The fraction of sp³-hybridized carbons (Fsp3) is 0.778. The largest absolute Gasteiger partial charge is 0.507 e. The van der Waals surface area contributed by atoms with E-state index < -0.39 is 0 Å². The van der Waals surface area contributed by atoms with E-state index in [4.69, 9.17) is 5.11 Å². The van der Waals surface area contributed by atoms with Crippen molar-refractivity contribution in [2.75, 3.05) is 6.61 Å². The molecule has 1 aromatic carbocycles. The molecule has 29 heavy (non-hydrogen) atoms. The number of unbranched alkanes of at least 4 members (excludes halogenated alkanes) is 3. The first kappa shape index (κ1) is 26.0. The van der Waals surface area contributed by atoms with Crippen LogP contribution in [0, 0.1) is 10.8 Å². The lowest BCUT2D eigenvalue weighted by Gasteiger charge is -2.40. The van der Waals surface area contributed by atoms with Gasteiger partial charge in [0, 0.05) is 12.2 Å². The molecule has 0 amide bonds. The van der Waals surface area contributed by atoms with E-state index in [1.165, 1.54) is 5.56 Å². The Morgan fingerprint density at radius 3 is 1.93 bits per heavy atom. The number of aliphatic hydroxyl groups excluding tert-OH is 1. The molecular weight excluding hydrogens is 356 g/mol. The SMILES string of the molecule is CC(C)c1cc(CCCCCCO)cc(C(C)(C)CC(C)(C)CC(C)(C)C)c1O. The van der Waals surface area contributed by atoms with Gasteiger partial charge in [-0.25, -0.2) is 0 Å². The average molecular weight is 405 g/mol. The van der Waals surface area contributed by atoms with Crippen molar-refractivity contribution in [2.24, 2.45) is 10.8 Å². The van der Waals surface area contributed by atoms with Gasteiger partial charge in [0.1, 0.15) is 5.75 Å². The number of phenolic OH excluding ortho intramolecular Hbond substituents is 1. The Balaban J connectivity index is 3.16. The van der Waals surface area contributed by atoms with E-state index in [1.807, 2.05) is 0 Å². The predicted molar refractivity (Wildman–Crippen MR) is 127 cm³/mol. The lowest BCUT2D eigenvalue weighted by molar-refractivity contribution is 0.164. The quantitative estimate of drug-likeness (QED) is 0.370. The van der Waals surface area contributed by atoms with Gasteiger partial charge in [0.15, 0.2) is 0 Å². The highest BCUT2D eigenvalue weighted by Crippen LogP contribution is 2.46. The van der Waals surface area contributed by atoms with Crippen LogP contribution in [0.1, 0.15) is 123 Å². The number of phenols is 1. The summed E-state index contributed by atoms with van der Waals surface area (Å²) in [5, 5.41) is 20.1. The summed E-state index contributed by atoms with van der Waals surface area (Å²) in [6.07, 6.45) is 7.51. The summed E-state index contributed by atoms with van der Waals surface area (Å²) >= 11 is 0. The number of hydrogen-bond donors (Lipinski definition) is 2. The zero-order chi connectivity index (χ0) is 22.5. The Hall–Kier alpha value is -1.02. The van der Waals surface area contributed by atoms with Gasteiger partial charge in [-0.05, 0) is 65.4 Å². The first-order valence-electron chi connectivity index (χ1n) is 11.7. The van der Waals surface area contributed by atoms with Crippen LogP contribution in [0.15, 0.2) is 12.1 Å². The number of aromatic hydroxyl groups is 1. The second-order valence-electron chi connectivity index (χ2n) is 12.1. The molecule has 0 aromatic heterocycles. The van der Waals surface area contributed by atoms with E-state index in [0.717, 1.165) is 56.1 Å². The van der Waals surface area contributed by atoms with Crippen LogP contribution in [-0.4, -0.2) is 16.8 Å². The summed E-state index contributed by atoms with van der Waals surface area (Å²) in [5.41, 5.74) is 3.93. The van der Waals surface area contributed by atoms with Crippen molar-refractivity contribution in [3.05, 3.63) is 28.8 Å². The van der Waals surface area contributed by atoms with E-state index >= 15 is 0 Å². The summed E-state index contributed by atoms with van der Waals surface area (Å²) < 4.78 is 0. The van der Waals surface area contributed by atoms with Crippen LogP contribution >= 0.6 is 0 Å². The minimum absolute atomic E-state index is 0.0879. The summed E-state index contributed by atoms with van der Waals surface area (Å²) in [4.78, 5) is 0. The van der Waals surface area contributed by atoms with Gasteiger partial charge in [-0.1, -0.05) is 87.3 Å². The van der Waals surface area contributed by atoms with E-state index in [9.17, 15) is 5.11 Å². The maximum Gasteiger partial charge on any atom is 0.122 e. The van der Waals surface area contributed by atoms with Crippen molar-refractivity contribution < 1.29 is 10.2 Å². The topological polar surface area (TPSA) is 40.5 Å². The third-order valence-electron chi connectivity index (χ3n) is 5.85. The third-order valence-corrected chi connectivity index (χ3v) is 5.85. The number of rotatable bonds is 11. The number of benzene rings is 1. The van der Waals surface area contributed by atoms with Crippen molar-refractivity contribution in [3.63, 3.8) is 0 Å². The molecule has 0 atom stereocenters. The molecule has 0 spiro atoms. The number of aryl methyl sites for hydroxylation is 1. The fourth-order valence-corrected chi connectivity index (χ4v) is 5.40. The standard InChI is InChI=1S/C27H48O2/c1-20(2)22-16-21(14-12-10-11-13-15-28)17-23(24(22)29)27(8,9)19-26(6,7)18-25(3,4)5/h16-17,20,28-29H,10-15,18-19H2,1-9H3. The van der Waals surface area contributed by atoms with Crippen LogP contribution in [-0.2, 0) is 11.8 Å². The first-order valence-corrected chi connectivity index (χ1v) is 11.7. The Morgan fingerprint density at radius 1 is 0.828 bits per heavy atom. The van der Waals surface area contributed by atoms with Gasteiger partial charge in [-0.3, -0.25) is 0 Å². The van der Waals surface area contributed by atoms with Crippen LogP contribution in [0.4, 0.5) is 0 Å². The van der Waals surface area contributed by atoms with Gasteiger partial charge >= 0.3 is 0 Å². The van der Waals surface area contributed by atoms with Gasteiger partial charge in [-0.15, -0.1) is 0 Å². The first-order chi connectivity index (χ1) is 13.2. The van der Waals surface area contributed by atoms with Crippen molar-refractivity contribution in [1.29, 1.82) is 0 Å². The highest BCUT2D eigenvalue weighted by Gasteiger charge is 2.35. The monoisotopic (exact) mass is 404 g/mol. The zero-order valence-electron chi connectivity index (χ0n) is 20.8. The predicted octanol–water partition coefficient (Wildman–Crippen LogP) is 7.74. The molecule has 2 heteroatoms. The minimum atomic E-state index is -0.0879. The van der Waals surface area contributed by atoms with Crippen LogP contribution in [0.2, 0.25) is 0 Å². The van der Waals surface area contributed by atoms with E-state index in [-0.39, 0.29) is 10.8 Å². The van der Waals surface area contributed by atoms with Crippen LogP contribution in [0.25, 0.3) is 0 Å². The van der Waals surface area contributed by atoms with Crippen LogP contribution in [0.3, 0.4) is 0 Å². The molecule has 0 aliphatic heterocycles. The van der Waals surface area contributed by atoms with Crippen molar-refractivity contribution in [3.8, 4) is 5.75 Å². The molecule has 2 nitrogen and oxygen atoms in total. The van der Waals surface area contributed by atoms with Crippen molar-refractivity contribution in [1.82, 2.24) is 0 Å². The van der Waals surface area contributed by atoms with Crippen LogP contribution in [0.5, 0.6) is 5.75 Å². The fourth-order valence-electron chi connectivity index (χ4n) is 5.40. The number of hydrogen-bond acceptors (Lipinski definition) is 2. The molecule has 0 saturated heterocycles. The van der Waals surface area contributed by atoms with E-state index in [2.05, 4.69) is 74.4 Å². The molecule has 0 heterocycles. The molecule has 0 bridgehead atoms. The molecule has 1 rings (SSSR count).